The largest absolute Gasteiger partial charge is 0.487 e. The van der Waals surface area contributed by atoms with Crippen molar-refractivity contribution >= 4 is 26.7 Å². The second-order valence-corrected chi connectivity index (χ2v) is 12.8. The summed E-state index contributed by atoms with van der Waals surface area (Å²) in [6, 6.07) is 6.70. The number of benzene rings is 1. The van der Waals surface area contributed by atoms with Crippen molar-refractivity contribution < 1.29 is 23.1 Å². The molecule has 1 aromatic carbocycles. The van der Waals surface area contributed by atoms with Crippen LogP contribution in [0.25, 0.3) is 22.0 Å². The summed E-state index contributed by atoms with van der Waals surface area (Å²) in [6.45, 7) is 0. The number of rotatable bonds is 5. The summed E-state index contributed by atoms with van der Waals surface area (Å²) in [7, 11) is -1.81. The van der Waals surface area contributed by atoms with E-state index >= 15 is 0 Å². The van der Waals surface area contributed by atoms with E-state index in [1.54, 1.807) is 37.6 Å². The lowest BCUT2D eigenvalue weighted by atomic mass is 9.50. The Morgan fingerprint density at radius 3 is 2.51 bits per heavy atom. The Morgan fingerprint density at radius 1 is 1.14 bits per heavy atom. The zero-order chi connectivity index (χ0) is 24.7. The van der Waals surface area contributed by atoms with Crippen LogP contribution in [-0.2, 0) is 21.7 Å². The van der Waals surface area contributed by atoms with Crippen LogP contribution in [0.3, 0.4) is 0 Å². The molecule has 4 aliphatic carbocycles. The SMILES string of the molecule is Cn1cc(-c2cc(S(C)(=O)=O)ccc2OC23CC4CC(C2)C(C(=O)O)C(C4)C3)c2cc[nH]c2c1=O. The van der Waals surface area contributed by atoms with Crippen LogP contribution in [0, 0.1) is 23.7 Å². The van der Waals surface area contributed by atoms with E-state index in [4.69, 9.17) is 4.74 Å². The van der Waals surface area contributed by atoms with Crippen molar-refractivity contribution in [2.75, 3.05) is 6.26 Å². The third kappa shape index (κ3) is 3.51. The van der Waals surface area contributed by atoms with Gasteiger partial charge in [-0.15, -0.1) is 0 Å². The number of aromatic amines is 1. The molecule has 0 spiro atoms. The van der Waals surface area contributed by atoms with Gasteiger partial charge in [0.05, 0.1) is 10.8 Å². The van der Waals surface area contributed by atoms with E-state index in [2.05, 4.69) is 4.98 Å². The number of sulfone groups is 1. The molecule has 0 aliphatic heterocycles. The average molecular weight is 497 g/mol. The van der Waals surface area contributed by atoms with Gasteiger partial charge in [0.1, 0.15) is 16.9 Å². The number of nitrogens with zero attached hydrogens (tertiary/aromatic N) is 1. The minimum absolute atomic E-state index is 0.103. The molecular weight excluding hydrogens is 468 g/mol. The number of carbonyl (C=O) groups is 1. The fourth-order valence-corrected chi connectivity index (χ4v) is 7.88. The number of H-pyrrole nitrogens is 1. The fourth-order valence-electron chi connectivity index (χ4n) is 7.23. The van der Waals surface area contributed by atoms with Crippen molar-refractivity contribution in [3.05, 3.63) is 47.0 Å². The molecule has 7 rings (SSSR count). The minimum Gasteiger partial charge on any atom is -0.487 e. The predicted molar refractivity (Wildman–Crippen MR) is 130 cm³/mol. The van der Waals surface area contributed by atoms with E-state index in [0.29, 0.717) is 46.5 Å². The number of aromatic nitrogens is 2. The molecule has 0 radical (unpaired) electrons. The molecule has 2 heterocycles. The van der Waals surface area contributed by atoms with Crippen LogP contribution in [0.5, 0.6) is 5.75 Å². The molecule has 3 aromatic rings. The van der Waals surface area contributed by atoms with Gasteiger partial charge in [0.15, 0.2) is 9.84 Å². The average Bonchev–Trinajstić information content (AvgIpc) is 3.25. The Balaban J connectivity index is 1.49. The Morgan fingerprint density at radius 2 is 1.86 bits per heavy atom. The number of fused-ring (bicyclic) bond motifs is 1. The van der Waals surface area contributed by atoms with Crippen LogP contribution in [0.4, 0.5) is 0 Å². The third-order valence-electron chi connectivity index (χ3n) is 8.39. The van der Waals surface area contributed by atoms with E-state index in [-0.39, 0.29) is 28.2 Å². The van der Waals surface area contributed by atoms with Gasteiger partial charge < -0.3 is 19.4 Å². The molecule has 35 heavy (non-hydrogen) atoms. The number of ether oxygens (including phenoxy) is 1. The van der Waals surface area contributed by atoms with Crippen LogP contribution in [0.15, 0.2) is 46.3 Å². The van der Waals surface area contributed by atoms with E-state index in [1.165, 1.54) is 10.8 Å². The van der Waals surface area contributed by atoms with Gasteiger partial charge in [-0.1, -0.05) is 0 Å². The highest BCUT2D eigenvalue weighted by atomic mass is 32.2. The van der Waals surface area contributed by atoms with Gasteiger partial charge in [-0.2, -0.15) is 0 Å². The number of aryl methyl sites for hydroxylation is 1. The fraction of sp³-hybridized carbons (Fsp3) is 0.462. The van der Waals surface area contributed by atoms with Crippen LogP contribution in [0.1, 0.15) is 32.1 Å². The number of aliphatic carboxylic acids is 1. The highest BCUT2D eigenvalue weighted by molar-refractivity contribution is 7.90. The van der Waals surface area contributed by atoms with Crippen molar-refractivity contribution in [3.8, 4) is 16.9 Å². The number of carboxylic acids is 1. The summed E-state index contributed by atoms with van der Waals surface area (Å²) in [5, 5.41) is 10.5. The summed E-state index contributed by atoms with van der Waals surface area (Å²) in [6.07, 6.45) is 8.71. The van der Waals surface area contributed by atoms with E-state index < -0.39 is 21.4 Å². The minimum atomic E-state index is -3.48. The first-order valence-electron chi connectivity index (χ1n) is 12.0. The number of hydrogen-bond acceptors (Lipinski definition) is 5. The maximum atomic E-state index is 12.6. The van der Waals surface area contributed by atoms with Crippen LogP contribution in [0.2, 0.25) is 0 Å². The highest BCUT2D eigenvalue weighted by Gasteiger charge is 2.58. The first kappa shape index (κ1) is 22.4. The molecule has 2 N–H and O–H groups in total. The Kier molecular flexibility index (Phi) is 4.78. The van der Waals surface area contributed by atoms with Crippen molar-refractivity contribution in [1.82, 2.24) is 9.55 Å². The summed E-state index contributed by atoms with van der Waals surface area (Å²) in [5.74, 6) is 0.215. The van der Waals surface area contributed by atoms with Crippen molar-refractivity contribution in [1.29, 1.82) is 0 Å². The topological polar surface area (TPSA) is 118 Å². The molecule has 4 fully saturated rings. The molecule has 0 amide bonds. The number of pyridine rings is 1. The number of nitrogens with one attached hydrogen (secondary N) is 1. The van der Waals surface area contributed by atoms with Gasteiger partial charge in [0.25, 0.3) is 5.56 Å². The molecule has 2 aromatic heterocycles. The van der Waals surface area contributed by atoms with Crippen molar-refractivity contribution in [2.45, 2.75) is 42.6 Å². The Labute approximate surface area is 202 Å². The molecule has 9 heteroatoms. The molecule has 4 saturated carbocycles. The first-order valence-corrected chi connectivity index (χ1v) is 13.9. The molecular formula is C26H28N2O6S. The lowest BCUT2D eigenvalue weighted by molar-refractivity contribution is -0.171. The Bertz CT molecular complexity index is 1520. The van der Waals surface area contributed by atoms with E-state index in [9.17, 15) is 23.1 Å². The third-order valence-corrected chi connectivity index (χ3v) is 9.50. The van der Waals surface area contributed by atoms with Crippen LogP contribution >= 0.6 is 0 Å². The zero-order valence-corrected chi connectivity index (χ0v) is 20.5. The van der Waals surface area contributed by atoms with Crippen molar-refractivity contribution in [2.24, 2.45) is 30.7 Å². The monoisotopic (exact) mass is 496 g/mol. The molecule has 4 aliphatic rings. The van der Waals surface area contributed by atoms with Gasteiger partial charge in [-0.3, -0.25) is 9.59 Å². The van der Waals surface area contributed by atoms with Gasteiger partial charge in [0.2, 0.25) is 0 Å². The van der Waals surface area contributed by atoms with Crippen LogP contribution < -0.4 is 10.3 Å². The van der Waals surface area contributed by atoms with Crippen LogP contribution in [-0.4, -0.2) is 40.9 Å². The second-order valence-electron chi connectivity index (χ2n) is 10.8. The van der Waals surface area contributed by atoms with Crippen molar-refractivity contribution in [3.63, 3.8) is 0 Å². The standard InChI is InChI=1S/C26H28N2O6S/c1-28-13-20(18-5-6-27-23(18)24(28)29)19-9-17(35(2,32)33)3-4-21(19)34-26-10-14-7-15(11-26)22(25(30)31)16(8-14)12-26/h3-6,9,13-16,22,27H,7-8,10-12H2,1-2H3,(H,30,31). The summed E-state index contributed by atoms with van der Waals surface area (Å²) in [4.78, 5) is 27.7. The second kappa shape index (κ2) is 7.46. The first-order chi connectivity index (χ1) is 16.5. The smallest absolute Gasteiger partial charge is 0.307 e. The lowest BCUT2D eigenvalue weighted by Crippen LogP contribution is -2.58. The lowest BCUT2D eigenvalue weighted by Gasteiger charge is -2.58. The molecule has 0 saturated heterocycles. The molecule has 2 atom stereocenters. The summed E-state index contributed by atoms with van der Waals surface area (Å²) < 4.78 is 33.1. The van der Waals surface area contributed by atoms with Gasteiger partial charge >= 0.3 is 5.97 Å². The summed E-state index contributed by atoms with van der Waals surface area (Å²) >= 11 is 0. The maximum Gasteiger partial charge on any atom is 0.307 e. The predicted octanol–water partition coefficient (Wildman–Crippen LogP) is 3.60. The molecule has 2 unspecified atom stereocenters. The van der Waals surface area contributed by atoms with E-state index in [0.717, 1.165) is 19.3 Å². The number of hydrogen-bond donors (Lipinski definition) is 2. The number of carboxylic acid groups (broad SMARTS) is 1. The van der Waals surface area contributed by atoms with Gasteiger partial charge in [0, 0.05) is 42.2 Å². The molecule has 4 bridgehead atoms. The summed E-state index contributed by atoms with van der Waals surface area (Å²) in [5.41, 5.74) is 1.13. The normalized spacial score (nSPS) is 29.5. The van der Waals surface area contributed by atoms with Gasteiger partial charge in [-0.05, 0) is 74.1 Å². The quantitative estimate of drug-likeness (QED) is 0.557. The zero-order valence-electron chi connectivity index (χ0n) is 19.7. The Hall–Kier alpha value is -3.07. The highest BCUT2D eigenvalue weighted by Crippen LogP contribution is 2.60. The van der Waals surface area contributed by atoms with E-state index in [1.807, 2.05) is 6.07 Å². The maximum absolute atomic E-state index is 12.6. The van der Waals surface area contributed by atoms with Gasteiger partial charge in [-0.25, -0.2) is 8.42 Å². The molecule has 184 valence electrons. The molecule has 8 nitrogen and oxygen atoms in total.